The number of para-hydroxylation sites is 1. The maximum atomic E-state index is 13.3. The summed E-state index contributed by atoms with van der Waals surface area (Å²) in [6.07, 6.45) is 1.59. The number of hydrogen-bond donors (Lipinski definition) is 1. The van der Waals surface area contributed by atoms with Gasteiger partial charge in [-0.1, -0.05) is 12.1 Å². The summed E-state index contributed by atoms with van der Waals surface area (Å²) < 4.78 is 13.3. The van der Waals surface area contributed by atoms with Crippen molar-refractivity contribution in [3.8, 4) is 0 Å². The second-order valence-corrected chi connectivity index (χ2v) is 3.19. The highest BCUT2D eigenvalue weighted by molar-refractivity contribution is 5.77. The molecule has 1 heterocycles. The van der Waals surface area contributed by atoms with Crippen LogP contribution in [0.1, 0.15) is 18.8 Å². The van der Waals surface area contributed by atoms with E-state index in [9.17, 15) is 4.39 Å². The molecule has 3 nitrogen and oxygen atoms in total. The molecule has 0 saturated carbocycles. The van der Waals surface area contributed by atoms with Crippen molar-refractivity contribution in [2.75, 3.05) is 0 Å². The van der Waals surface area contributed by atoms with E-state index in [-0.39, 0.29) is 11.9 Å². The zero-order valence-corrected chi connectivity index (χ0v) is 7.74. The molecule has 0 aliphatic rings. The molecule has 2 N–H and O–H groups in total. The van der Waals surface area contributed by atoms with Crippen LogP contribution >= 0.6 is 0 Å². The minimum Gasteiger partial charge on any atom is -0.322 e. The Kier molecular flexibility index (Phi) is 2.13. The molecule has 0 saturated heterocycles. The van der Waals surface area contributed by atoms with Crippen LogP contribution in [-0.2, 0) is 0 Å². The first kappa shape index (κ1) is 9.02. The molecule has 1 aromatic carbocycles. The van der Waals surface area contributed by atoms with E-state index in [4.69, 9.17) is 5.73 Å². The van der Waals surface area contributed by atoms with Crippen molar-refractivity contribution >= 4 is 10.9 Å². The number of nitrogens with two attached hydrogens (primary N) is 1. The van der Waals surface area contributed by atoms with Gasteiger partial charge in [-0.15, -0.1) is 0 Å². The van der Waals surface area contributed by atoms with Gasteiger partial charge in [0, 0.05) is 11.6 Å². The third kappa shape index (κ3) is 1.44. The Morgan fingerprint density at radius 1 is 1.43 bits per heavy atom. The van der Waals surface area contributed by atoms with Crippen LogP contribution in [0.3, 0.4) is 0 Å². The second-order valence-electron chi connectivity index (χ2n) is 3.19. The topological polar surface area (TPSA) is 51.8 Å². The quantitative estimate of drug-likeness (QED) is 0.747. The molecule has 0 radical (unpaired) electrons. The summed E-state index contributed by atoms with van der Waals surface area (Å²) in [5, 5.41) is 0.689. The number of rotatable bonds is 1. The normalized spacial score (nSPS) is 13.1. The highest BCUT2D eigenvalue weighted by Crippen LogP contribution is 2.15. The average Bonchev–Trinajstić information content (AvgIpc) is 2.18. The Balaban J connectivity index is 2.70. The van der Waals surface area contributed by atoms with Crippen molar-refractivity contribution < 1.29 is 4.39 Å². The molecule has 0 aliphatic carbocycles. The predicted molar refractivity (Wildman–Crippen MR) is 52.1 cm³/mol. The van der Waals surface area contributed by atoms with Crippen LogP contribution in [0.25, 0.3) is 10.9 Å². The second kappa shape index (κ2) is 3.31. The van der Waals surface area contributed by atoms with Crippen LogP contribution in [0.5, 0.6) is 0 Å². The lowest BCUT2D eigenvalue weighted by molar-refractivity contribution is 0.633. The minimum atomic E-state index is -0.341. The van der Waals surface area contributed by atoms with Crippen molar-refractivity contribution in [1.82, 2.24) is 9.97 Å². The van der Waals surface area contributed by atoms with E-state index in [1.807, 2.05) is 0 Å². The smallest absolute Gasteiger partial charge is 0.149 e. The average molecular weight is 191 g/mol. The molecule has 0 fully saturated rings. The van der Waals surface area contributed by atoms with Gasteiger partial charge in [-0.2, -0.15) is 0 Å². The van der Waals surface area contributed by atoms with E-state index >= 15 is 0 Å². The zero-order valence-electron chi connectivity index (χ0n) is 7.74. The lowest BCUT2D eigenvalue weighted by atomic mass is 10.2. The van der Waals surface area contributed by atoms with Crippen molar-refractivity contribution in [3.63, 3.8) is 0 Å². The molecule has 72 valence electrons. The molecule has 4 heteroatoms. The summed E-state index contributed by atoms with van der Waals surface area (Å²) in [7, 11) is 0. The van der Waals surface area contributed by atoms with Crippen molar-refractivity contribution in [2.45, 2.75) is 13.0 Å². The minimum absolute atomic E-state index is 0.279. The Bertz CT molecular complexity index is 468. The summed E-state index contributed by atoms with van der Waals surface area (Å²) in [6, 6.07) is 4.50. The first-order valence-corrected chi connectivity index (χ1v) is 4.35. The molecule has 14 heavy (non-hydrogen) atoms. The largest absolute Gasteiger partial charge is 0.322 e. The van der Waals surface area contributed by atoms with Crippen molar-refractivity contribution in [2.24, 2.45) is 5.73 Å². The molecule has 2 aromatic rings. The van der Waals surface area contributed by atoms with Gasteiger partial charge in [-0.05, 0) is 13.0 Å². The Hall–Kier alpha value is -1.55. The van der Waals surface area contributed by atoms with Crippen LogP contribution in [0.2, 0.25) is 0 Å². The molecule has 2 rings (SSSR count). The molecular formula is C10H10FN3. The Morgan fingerprint density at radius 3 is 2.93 bits per heavy atom. The number of fused-ring (bicyclic) bond motifs is 1. The number of benzene rings is 1. The fraction of sp³-hybridized carbons (Fsp3) is 0.200. The third-order valence-corrected chi connectivity index (χ3v) is 1.99. The highest BCUT2D eigenvalue weighted by Gasteiger charge is 2.06. The van der Waals surface area contributed by atoms with E-state index in [2.05, 4.69) is 9.97 Å². The highest BCUT2D eigenvalue weighted by atomic mass is 19.1. The Labute approximate surface area is 80.8 Å². The Morgan fingerprint density at radius 2 is 2.21 bits per heavy atom. The summed E-state index contributed by atoms with van der Waals surface area (Å²) in [5.41, 5.74) is 5.94. The fourth-order valence-electron chi connectivity index (χ4n) is 1.25. The van der Waals surface area contributed by atoms with Crippen LogP contribution in [-0.4, -0.2) is 9.97 Å². The zero-order chi connectivity index (χ0) is 10.1. The summed E-state index contributed by atoms with van der Waals surface area (Å²) in [5.74, 6) is 0.120. The lowest BCUT2D eigenvalue weighted by Gasteiger charge is -2.04. The fourth-order valence-corrected chi connectivity index (χ4v) is 1.25. The number of hydrogen-bond acceptors (Lipinski definition) is 3. The lowest BCUT2D eigenvalue weighted by Crippen LogP contribution is -2.09. The summed E-state index contributed by atoms with van der Waals surface area (Å²) in [4.78, 5) is 8.11. The molecule has 0 bridgehead atoms. The van der Waals surface area contributed by atoms with Crippen LogP contribution in [0.15, 0.2) is 24.4 Å². The van der Waals surface area contributed by atoms with Crippen molar-refractivity contribution in [1.29, 1.82) is 0 Å². The molecule has 1 atom stereocenters. The van der Waals surface area contributed by atoms with Crippen LogP contribution < -0.4 is 5.73 Å². The first-order chi connectivity index (χ1) is 6.68. The first-order valence-electron chi connectivity index (χ1n) is 4.35. The SMILES string of the molecule is CC(N)c1ncc2cccc(F)c2n1. The standard InChI is InChI=1S/C10H10FN3/c1-6(12)10-13-5-7-3-2-4-8(11)9(7)14-10/h2-6H,12H2,1H3. The van der Waals surface area contributed by atoms with E-state index in [1.165, 1.54) is 6.07 Å². The molecule has 0 amide bonds. The monoisotopic (exact) mass is 191 g/mol. The van der Waals surface area contributed by atoms with Crippen LogP contribution in [0.4, 0.5) is 4.39 Å². The van der Waals surface area contributed by atoms with E-state index in [0.29, 0.717) is 16.7 Å². The van der Waals surface area contributed by atoms with Gasteiger partial charge in [0.25, 0.3) is 0 Å². The van der Waals surface area contributed by atoms with Gasteiger partial charge in [0.1, 0.15) is 17.2 Å². The third-order valence-electron chi connectivity index (χ3n) is 1.99. The van der Waals surface area contributed by atoms with Crippen molar-refractivity contribution in [3.05, 3.63) is 36.0 Å². The summed E-state index contributed by atoms with van der Waals surface area (Å²) in [6.45, 7) is 1.77. The molecule has 1 unspecified atom stereocenters. The van der Waals surface area contributed by atoms with Gasteiger partial charge in [0.2, 0.25) is 0 Å². The number of aromatic nitrogens is 2. The number of nitrogens with zero attached hydrogens (tertiary/aromatic N) is 2. The van der Waals surface area contributed by atoms with E-state index in [0.717, 1.165) is 0 Å². The van der Waals surface area contributed by atoms with E-state index in [1.54, 1.807) is 25.3 Å². The summed E-state index contributed by atoms with van der Waals surface area (Å²) >= 11 is 0. The van der Waals surface area contributed by atoms with Gasteiger partial charge in [0.05, 0.1) is 6.04 Å². The maximum absolute atomic E-state index is 13.3. The molecule has 0 spiro atoms. The molecular weight excluding hydrogens is 181 g/mol. The molecule has 1 aromatic heterocycles. The molecule has 0 aliphatic heterocycles. The number of halogens is 1. The predicted octanol–water partition coefficient (Wildman–Crippen LogP) is 1.79. The van der Waals surface area contributed by atoms with Gasteiger partial charge < -0.3 is 5.73 Å². The van der Waals surface area contributed by atoms with E-state index < -0.39 is 0 Å². The van der Waals surface area contributed by atoms with Gasteiger partial charge in [0.15, 0.2) is 0 Å². The maximum Gasteiger partial charge on any atom is 0.149 e. The van der Waals surface area contributed by atoms with Crippen LogP contribution in [0, 0.1) is 5.82 Å². The van der Waals surface area contributed by atoms with Gasteiger partial charge in [-0.25, -0.2) is 14.4 Å². The van der Waals surface area contributed by atoms with Gasteiger partial charge in [-0.3, -0.25) is 0 Å². The van der Waals surface area contributed by atoms with Gasteiger partial charge >= 0.3 is 0 Å².